The van der Waals surface area contributed by atoms with Gasteiger partial charge in [-0.2, -0.15) is 0 Å². The number of carbonyl (C=O) groups is 2. The van der Waals surface area contributed by atoms with Crippen molar-refractivity contribution in [3.05, 3.63) is 169 Å². The van der Waals surface area contributed by atoms with Crippen LogP contribution in [0.4, 0.5) is 11.4 Å². The maximum Gasteiger partial charge on any atom is 0.308 e. The first-order valence-corrected chi connectivity index (χ1v) is 22.9. The van der Waals surface area contributed by atoms with Crippen LogP contribution in [0, 0.1) is 11.8 Å². The van der Waals surface area contributed by atoms with E-state index in [1.165, 1.54) is 5.56 Å². The van der Waals surface area contributed by atoms with Gasteiger partial charge in [0.25, 0.3) is 0 Å². The van der Waals surface area contributed by atoms with Gasteiger partial charge in [-0.3, -0.25) is 29.4 Å². The number of rotatable bonds is 9. The number of hydrogen-bond acceptors (Lipinski definition) is 9. The monoisotopic (exact) mass is 872 g/mol. The molecule has 4 saturated heterocycles. The number of aliphatic carboxylic acids is 1. The van der Waals surface area contributed by atoms with E-state index in [0.29, 0.717) is 18.6 Å². The van der Waals surface area contributed by atoms with Gasteiger partial charge in [-0.05, 0) is 84.3 Å². The first-order valence-electron chi connectivity index (χ1n) is 22.9. The number of ether oxygens (including phenoxy) is 2. The van der Waals surface area contributed by atoms with E-state index in [9.17, 15) is 14.7 Å². The molecule has 4 aromatic carbocycles. The maximum atomic E-state index is 13.5. The maximum absolute atomic E-state index is 13.5. The summed E-state index contributed by atoms with van der Waals surface area (Å²) in [6.45, 7) is 6.46. The number of nitrogens with zero attached hydrogens (tertiary/aromatic N) is 4. The number of hydrogen-bond donors (Lipinski definition) is 3. The summed E-state index contributed by atoms with van der Waals surface area (Å²) in [5.74, 6) is -0.648. The first kappa shape index (κ1) is 45.3. The lowest BCUT2D eigenvalue weighted by molar-refractivity contribution is -0.141. The van der Waals surface area contributed by atoms with Crippen LogP contribution in [-0.4, -0.2) is 101 Å². The Labute approximate surface area is 382 Å². The largest absolute Gasteiger partial charge is 0.481 e. The molecule has 0 bridgehead atoms. The predicted octanol–water partition coefficient (Wildman–Crippen LogP) is 8.88. The lowest BCUT2D eigenvalue weighted by Gasteiger charge is -2.31. The molecule has 2 aromatic heterocycles. The summed E-state index contributed by atoms with van der Waals surface area (Å²) < 4.78 is 11.0. The number of likely N-dealkylation sites (tertiary alicyclic amines) is 2. The molecule has 4 N–H and O–H groups in total. The van der Waals surface area contributed by atoms with Crippen LogP contribution in [0.15, 0.2) is 158 Å². The van der Waals surface area contributed by atoms with Gasteiger partial charge in [-0.1, -0.05) is 97.1 Å². The number of aromatic nitrogens is 2. The Balaban J connectivity index is 0.000000148. The summed E-state index contributed by atoms with van der Waals surface area (Å²) in [4.78, 5) is 38.2. The number of carboxylic acids is 1. The molecule has 336 valence electrons. The topological polar surface area (TPSA) is 143 Å². The van der Waals surface area contributed by atoms with Crippen LogP contribution in [0.5, 0.6) is 0 Å². The van der Waals surface area contributed by atoms with Crippen molar-refractivity contribution < 1.29 is 24.2 Å². The number of benzene rings is 4. The standard InChI is InChI=1S/C27H29N3O2.C16H21NO3.C11H10N2/c31-27(29-23-10-4-8-21(16-23)22-9-5-13-28-17-22)26-19-30(24-11-14-32-15-12-24)18-25(26)20-6-2-1-3-7-20;18-16(19)15-11-17(13-6-8-20-9-7-13)10-14(15)12-4-2-1-3-5-12;12-11-5-1-3-9(7-11)10-4-2-6-13-8-10/h1-10,13,16-17,24-26H,11-12,14-15,18-19H2,(H,29,31);1-5,13-15H,6-11H2,(H,18,19);1-8H,12H2/t25-,26+;14-,15+;/m00./s1. The van der Waals surface area contributed by atoms with Crippen LogP contribution in [0.2, 0.25) is 0 Å². The number of nitrogens with two attached hydrogens (primary N) is 1. The Bertz CT molecular complexity index is 2400. The predicted molar refractivity (Wildman–Crippen MR) is 256 cm³/mol. The van der Waals surface area contributed by atoms with Gasteiger partial charge in [-0.25, -0.2) is 0 Å². The van der Waals surface area contributed by atoms with E-state index in [1.54, 1.807) is 12.4 Å². The second-order valence-corrected chi connectivity index (χ2v) is 17.4. The van der Waals surface area contributed by atoms with Crippen molar-refractivity contribution in [2.24, 2.45) is 11.8 Å². The Kier molecular flexibility index (Phi) is 15.8. The van der Waals surface area contributed by atoms with E-state index in [0.717, 1.165) is 111 Å². The van der Waals surface area contributed by atoms with Crippen molar-refractivity contribution >= 4 is 23.3 Å². The minimum Gasteiger partial charge on any atom is -0.481 e. The van der Waals surface area contributed by atoms with E-state index in [1.807, 2.05) is 122 Å². The lowest BCUT2D eigenvalue weighted by Crippen LogP contribution is -2.38. The molecule has 65 heavy (non-hydrogen) atoms. The molecule has 0 spiro atoms. The van der Waals surface area contributed by atoms with E-state index >= 15 is 0 Å². The average molecular weight is 873 g/mol. The molecule has 11 nitrogen and oxygen atoms in total. The Morgan fingerprint density at radius 3 is 1.52 bits per heavy atom. The molecule has 0 aliphatic carbocycles. The zero-order valence-electron chi connectivity index (χ0n) is 36.9. The van der Waals surface area contributed by atoms with Gasteiger partial charge in [0.2, 0.25) is 5.91 Å². The molecule has 4 aliphatic rings. The highest BCUT2D eigenvalue weighted by atomic mass is 16.5. The molecule has 1 amide bonds. The van der Waals surface area contributed by atoms with Crippen LogP contribution >= 0.6 is 0 Å². The zero-order chi connectivity index (χ0) is 44.8. The lowest BCUT2D eigenvalue weighted by atomic mass is 9.88. The number of carboxylic acid groups (broad SMARTS) is 1. The van der Waals surface area contributed by atoms with Gasteiger partial charge in [0.15, 0.2) is 0 Å². The fourth-order valence-corrected chi connectivity index (χ4v) is 9.75. The number of amides is 1. The molecular formula is C54H60N6O5. The van der Waals surface area contributed by atoms with Crippen LogP contribution in [0.1, 0.15) is 48.6 Å². The van der Waals surface area contributed by atoms with Crippen LogP contribution < -0.4 is 11.1 Å². The highest BCUT2D eigenvalue weighted by Crippen LogP contribution is 2.37. The van der Waals surface area contributed by atoms with Crippen molar-refractivity contribution in [3.63, 3.8) is 0 Å². The van der Waals surface area contributed by atoms with Gasteiger partial charge < -0.3 is 25.6 Å². The highest BCUT2D eigenvalue weighted by Gasteiger charge is 2.42. The van der Waals surface area contributed by atoms with Crippen molar-refractivity contribution in [3.8, 4) is 22.3 Å². The SMILES string of the molecule is Nc1cccc(-c2cccnc2)c1.O=C(Nc1cccc(-c2cccnc2)c1)[C@@H]1CN(C2CCOCC2)C[C@H]1c1ccccc1.O=C(O)[C@@H]1CN(C2CCOCC2)C[C@H]1c1ccccc1. The van der Waals surface area contributed by atoms with Crippen molar-refractivity contribution in [2.75, 3.05) is 63.7 Å². The van der Waals surface area contributed by atoms with E-state index < -0.39 is 5.97 Å². The second kappa shape index (κ2) is 22.6. The van der Waals surface area contributed by atoms with Crippen molar-refractivity contribution in [1.29, 1.82) is 0 Å². The van der Waals surface area contributed by atoms with Gasteiger partial charge in [0.05, 0.1) is 11.8 Å². The molecule has 4 atom stereocenters. The molecule has 0 radical (unpaired) electrons. The summed E-state index contributed by atoms with van der Waals surface area (Å²) in [5.41, 5.74) is 14.0. The number of carbonyl (C=O) groups excluding carboxylic acids is 1. The highest BCUT2D eigenvalue weighted by molar-refractivity contribution is 5.94. The van der Waals surface area contributed by atoms with Gasteiger partial charge in [0.1, 0.15) is 0 Å². The van der Waals surface area contributed by atoms with E-state index in [2.05, 4.69) is 49.4 Å². The minimum atomic E-state index is -0.673. The fourth-order valence-electron chi connectivity index (χ4n) is 9.75. The first-order chi connectivity index (χ1) is 31.9. The molecule has 6 aromatic rings. The molecular weight excluding hydrogens is 813 g/mol. The summed E-state index contributed by atoms with van der Waals surface area (Å²) in [5, 5.41) is 12.7. The quantitative estimate of drug-likeness (QED) is 0.121. The van der Waals surface area contributed by atoms with Crippen molar-refractivity contribution in [1.82, 2.24) is 19.8 Å². The second-order valence-electron chi connectivity index (χ2n) is 17.4. The Hall–Kier alpha value is -6.24. The smallest absolute Gasteiger partial charge is 0.308 e. The molecule has 4 aliphatic heterocycles. The third-order valence-corrected chi connectivity index (χ3v) is 13.2. The third-order valence-electron chi connectivity index (χ3n) is 13.2. The van der Waals surface area contributed by atoms with Crippen LogP contribution in [-0.2, 0) is 19.1 Å². The van der Waals surface area contributed by atoms with Gasteiger partial charge in [-0.15, -0.1) is 0 Å². The van der Waals surface area contributed by atoms with Crippen LogP contribution in [0.25, 0.3) is 22.3 Å². The van der Waals surface area contributed by atoms with E-state index in [4.69, 9.17) is 15.2 Å². The summed E-state index contributed by atoms with van der Waals surface area (Å²) in [6, 6.07) is 45.2. The number of anilines is 2. The Morgan fingerprint density at radius 1 is 0.554 bits per heavy atom. The van der Waals surface area contributed by atoms with Gasteiger partial charge >= 0.3 is 5.97 Å². The molecule has 4 fully saturated rings. The number of pyridine rings is 2. The Morgan fingerprint density at radius 2 is 1.03 bits per heavy atom. The molecule has 6 heterocycles. The summed E-state index contributed by atoms with van der Waals surface area (Å²) in [6.07, 6.45) is 11.3. The third kappa shape index (κ3) is 12.1. The minimum absolute atomic E-state index is 0.0812. The molecule has 10 rings (SSSR count). The van der Waals surface area contributed by atoms with Gasteiger partial charge in [0, 0.05) is 124 Å². The molecule has 0 unspecified atom stereocenters. The molecule has 0 saturated carbocycles. The summed E-state index contributed by atoms with van der Waals surface area (Å²) >= 11 is 0. The number of nitrogen functional groups attached to an aromatic ring is 1. The normalized spacial score (nSPS) is 21.6. The fraction of sp³-hybridized carbons (Fsp3) is 0.333. The summed E-state index contributed by atoms with van der Waals surface area (Å²) in [7, 11) is 0. The van der Waals surface area contributed by atoms with E-state index in [-0.39, 0.29) is 29.6 Å². The average Bonchev–Trinajstić information content (AvgIpc) is 4.04. The van der Waals surface area contributed by atoms with Crippen LogP contribution in [0.3, 0.4) is 0 Å². The molecule has 11 heteroatoms. The van der Waals surface area contributed by atoms with Crippen molar-refractivity contribution in [2.45, 2.75) is 49.6 Å². The number of nitrogens with one attached hydrogen (secondary N) is 1. The zero-order valence-corrected chi connectivity index (χ0v) is 36.9.